The molecular weight excluding hydrogens is 521 g/mol. The number of benzene rings is 2. The van der Waals surface area contributed by atoms with E-state index in [1.54, 1.807) is 25.3 Å². The zero-order chi connectivity index (χ0) is 28.8. The van der Waals surface area contributed by atoms with Crippen LogP contribution in [0.1, 0.15) is 36.8 Å². The molecule has 0 aromatic heterocycles. The first-order valence-electron chi connectivity index (χ1n) is 11.9. The third-order valence-electron chi connectivity index (χ3n) is 6.51. The van der Waals surface area contributed by atoms with Gasteiger partial charge in [-0.05, 0) is 25.0 Å². The van der Waals surface area contributed by atoms with Gasteiger partial charge < -0.3 is 39.7 Å². The molecule has 5 N–H and O–H groups in total. The number of hydrogen-bond acceptors (Lipinski definition) is 9. The van der Waals surface area contributed by atoms with E-state index in [1.165, 1.54) is 6.07 Å². The largest absolute Gasteiger partial charge is 0.496 e. The summed E-state index contributed by atoms with van der Waals surface area (Å²) in [5, 5.41) is 44.7. The van der Waals surface area contributed by atoms with Crippen molar-refractivity contribution in [2.45, 2.75) is 43.4 Å². The first-order chi connectivity index (χ1) is 18.4. The molecule has 39 heavy (non-hydrogen) atoms. The van der Waals surface area contributed by atoms with Crippen molar-refractivity contribution in [2.24, 2.45) is 0 Å². The van der Waals surface area contributed by atoms with Crippen molar-refractivity contribution in [3.05, 3.63) is 53.3 Å². The summed E-state index contributed by atoms with van der Waals surface area (Å²) in [6, 6.07) is 10.3. The van der Waals surface area contributed by atoms with Gasteiger partial charge in [-0.15, -0.1) is 0 Å². The summed E-state index contributed by atoms with van der Waals surface area (Å²) in [7, 11) is 1.63. The lowest BCUT2D eigenvalue weighted by Gasteiger charge is -2.38. The molecule has 0 atom stereocenters. The molecule has 0 amide bonds. The van der Waals surface area contributed by atoms with Gasteiger partial charge in [0.15, 0.2) is 17.1 Å². The van der Waals surface area contributed by atoms with Crippen LogP contribution in [0.3, 0.4) is 0 Å². The molecule has 2 aromatic rings. The second-order valence-electron chi connectivity index (χ2n) is 9.28. The number of carboxylic acids is 3. The number of fused-ring (bicyclic) bond motifs is 1. The monoisotopic (exact) mass is 551 g/mol. The van der Waals surface area contributed by atoms with E-state index >= 15 is 0 Å². The average molecular weight is 552 g/mol. The Bertz CT molecular complexity index is 1190. The predicted molar refractivity (Wildman–Crippen MR) is 131 cm³/mol. The van der Waals surface area contributed by atoms with E-state index in [1.807, 2.05) is 12.1 Å². The first-order valence-corrected chi connectivity index (χ1v) is 11.9. The molecule has 4 rings (SSSR count). The van der Waals surface area contributed by atoms with Crippen molar-refractivity contribution < 1.29 is 58.5 Å². The third-order valence-corrected chi connectivity index (χ3v) is 6.51. The predicted octanol–water partition coefficient (Wildman–Crippen LogP) is 1.80. The van der Waals surface area contributed by atoms with E-state index in [2.05, 4.69) is 4.90 Å². The van der Waals surface area contributed by atoms with E-state index < -0.39 is 42.0 Å². The number of aliphatic hydroxyl groups is 2. The molecule has 13 heteroatoms. The van der Waals surface area contributed by atoms with Gasteiger partial charge in [0.25, 0.3) is 0 Å². The number of halogens is 1. The number of hydrogen-bond donors (Lipinski definition) is 5. The van der Waals surface area contributed by atoms with Crippen LogP contribution >= 0.6 is 0 Å². The molecular formula is C26H30FNO11. The van der Waals surface area contributed by atoms with Crippen molar-refractivity contribution in [2.75, 3.05) is 27.0 Å². The number of carboxylic acid groups (broad SMARTS) is 3. The van der Waals surface area contributed by atoms with Gasteiger partial charge in [0.2, 0.25) is 6.79 Å². The molecule has 2 aliphatic heterocycles. The lowest BCUT2D eigenvalue weighted by atomic mass is 9.84. The maximum atomic E-state index is 14.1. The van der Waals surface area contributed by atoms with Crippen molar-refractivity contribution in [3.8, 4) is 17.2 Å². The molecule has 212 valence electrons. The number of ether oxygens (including phenoxy) is 3. The summed E-state index contributed by atoms with van der Waals surface area (Å²) < 4.78 is 30.4. The molecule has 2 aromatic carbocycles. The van der Waals surface area contributed by atoms with E-state index in [4.69, 9.17) is 34.6 Å². The third kappa shape index (κ3) is 7.34. The number of piperidine rings is 1. The Balaban J connectivity index is 0.000000276. The molecule has 2 aliphatic rings. The van der Waals surface area contributed by atoms with Crippen molar-refractivity contribution >= 4 is 17.9 Å². The SMILES string of the molecule is COc1cc2c(cc1CN1CCC(O)(c3ccccc3F)CC1)OCO2.O=C(O)CC(O)(CC(=O)O)C(=O)O. The molecule has 12 nitrogen and oxygen atoms in total. The lowest BCUT2D eigenvalue weighted by Crippen LogP contribution is -2.42. The number of carbonyl (C=O) groups is 3. The molecule has 1 saturated heterocycles. The first kappa shape index (κ1) is 29.6. The van der Waals surface area contributed by atoms with E-state index in [0.717, 1.165) is 17.1 Å². The lowest BCUT2D eigenvalue weighted by molar-refractivity contribution is -0.170. The van der Waals surface area contributed by atoms with E-state index in [9.17, 15) is 23.9 Å². The topological polar surface area (TPSA) is 183 Å². The van der Waals surface area contributed by atoms with E-state index in [-0.39, 0.29) is 12.6 Å². The molecule has 0 saturated carbocycles. The Morgan fingerprint density at radius 1 is 1.03 bits per heavy atom. The number of aliphatic carboxylic acids is 3. The Labute approximate surface area is 222 Å². The zero-order valence-electron chi connectivity index (χ0n) is 21.1. The summed E-state index contributed by atoms with van der Waals surface area (Å²) in [5.74, 6) is -3.20. The van der Waals surface area contributed by atoms with Crippen molar-refractivity contribution in [1.82, 2.24) is 4.90 Å². The maximum absolute atomic E-state index is 14.1. The van der Waals surface area contributed by atoms with Crippen LogP contribution < -0.4 is 14.2 Å². The normalized spacial score (nSPS) is 16.1. The molecule has 0 aliphatic carbocycles. The second-order valence-corrected chi connectivity index (χ2v) is 9.28. The summed E-state index contributed by atoms with van der Waals surface area (Å²) in [4.78, 5) is 32.7. The molecule has 0 bridgehead atoms. The average Bonchev–Trinajstić information content (AvgIpc) is 3.32. The minimum absolute atomic E-state index is 0.224. The van der Waals surface area contributed by atoms with Gasteiger partial charge in [-0.25, -0.2) is 9.18 Å². The van der Waals surface area contributed by atoms with Crippen LogP contribution in [-0.2, 0) is 26.5 Å². The fraction of sp³-hybridized carbons (Fsp3) is 0.423. The molecule has 0 radical (unpaired) electrons. The highest BCUT2D eigenvalue weighted by atomic mass is 19.1. The Hall–Kier alpha value is -3.94. The van der Waals surface area contributed by atoms with Crippen LogP contribution in [0.15, 0.2) is 36.4 Å². The van der Waals surface area contributed by atoms with Gasteiger partial charge in [-0.2, -0.15) is 0 Å². The van der Waals surface area contributed by atoms with Gasteiger partial charge in [-0.3, -0.25) is 14.5 Å². The summed E-state index contributed by atoms with van der Waals surface area (Å²) >= 11 is 0. The van der Waals surface area contributed by atoms with E-state index in [0.29, 0.717) is 43.8 Å². The van der Waals surface area contributed by atoms with Crippen molar-refractivity contribution in [3.63, 3.8) is 0 Å². The summed E-state index contributed by atoms with van der Waals surface area (Å²) in [6.07, 6.45) is -1.31. The number of likely N-dealkylation sites (tertiary alicyclic amines) is 1. The summed E-state index contributed by atoms with van der Waals surface area (Å²) in [5.41, 5.74) is -2.45. The minimum atomic E-state index is -2.74. The fourth-order valence-corrected chi connectivity index (χ4v) is 4.42. The van der Waals surface area contributed by atoms with Gasteiger partial charge in [0.05, 0.1) is 25.6 Å². The van der Waals surface area contributed by atoms with Gasteiger partial charge in [0.1, 0.15) is 11.6 Å². The van der Waals surface area contributed by atoms with Crippen LogP contribution in [0, 0.1) is 5.82 Å². The van der Waals surface area contributed by atoms with Crippen LogP contribution in [-0.4, -0.2) is 80.9 Å². The summed E-state index contributed by atoms with van der Waals surface area (Å²) in [6.45, 7) is 2.24. The van der Waals surface area contributed by atoms with Crippen molar-refractivity contribution in [1.29, 1.82) is 0 Å². The number of rotatable bonds is 9. The van der Waals surface area contributed by atoms with Crippen LogP contribution in [0.4, 0.5) is 4.39 Å². The van der Waals surface area contributed by atoms with Crippen LogP contribution in [0.2, 0.25) is 0 Å². The number of nitrogens with zero attached hydrogens (tertiary/aromatic N) is 1. The molecule has 2 heterocycles. The van der Waals surface area contributed by atoms with Gasteiger partial charge >= 0.3 is 17.9 Å². The fourth-order valence-electron chi connectivity index (χ4n) is 4.42. The molecule has 1 fully saturated rings. The van der Waals surface area contributed by atoms with Crippen LogP contribution in [0.5, 0.6) is 17.2 Å². The Morgan fingerprint density at radius 2 is 1.59 bits per heavy atom. The highest BCUT2D eigenvalue weighted by molar-refractivity contribution is 5.88. The molecule has 0 unspecified atom stereocenters. The minimum Gasteiger partial charge on any atom is -0.496 e. The zero-order valence-corrected chi connectivity index (χ0v) is 21.1. The Morgan fingerprint density at radius 3 is 2.10 bits per heavy atom. The van der Waals surface area contributed by atoms with Crippen LogP contribution in [0.25, 0.3) is 0 Å². The van der Waals surface area contributed by atoms with Gasteiger partial charge in [-0.1, -0.05) is 18.2 Å². The standard InChI is InChI=1S/C20H22FNO4.C6H8O7/c1-24-17-11-19-18(25-13-26-19)10-14(17)12-22-8-6-20(23,7-9-22)15-4-2-3-5-16(15)21;7-3(8)1-6(13,5(11)12)2-4(9)10/h2-5,10-11,23H,6-9,12-13H2,1H3;13H,1-2H2,(H,7,8)(H,9,10)(H,11,12). The highest BCUT2D eigenvalue weighted by Crippen LogP contribution is 2.40. The smallest absolute Gasteiger partial charge is 0.336 e. The molecule has 0 spiro atoms. The Kier molecular flexibility index (Phi) is 9.32. The second kappa shape index (κ2) is 12.3. The highest BCUT2D eigenvalue weighted by Gasteiger charge is 2.41. The quantitative estimate of drug-likeness (QED) is 0.305. The number of methoxy groups -OCH3 is 1. The maximum Gasteiger partial charge on any atom is 0.336 e. The van der Waals surface area contributed by atoms with Gasteiger partial charge in [0, 0.05) is 36.8 Å².